The zero-order valence-electron chi connectivity index (χ0n) is 11.9. The third kappa shape index (κ3) is 6.63. The molecule has 0 spiro atoms. The first-order valence-corrected chi connectivity index (χ1v) is 6.27. The van der Waals surface area contributed by atoms with Crippen molar-refractivity contribution in [2.75, 3.05) is 11.9 Å². The number of rotatable bonds is 5. The quantitative estimate of drug-likeness (QED) is 0.865. The van der Waals surface area contributed by atoms with E-state index < -0.39 is 17.6 Å². The molecule has 110 valence electrons. The van der Waals surface area contributed by atoms with Gasteiger partial charge in [-0.2, -0.15) is 0 Å². The SMILES string of the molecule is CC(C)(C)OC(=O)Nc1ccc(OCCC(N)=O)cc1. The second-order valence-corrected chi connectivity index (χ2v) is 5.22. The molecule has 0 saturated heterocycles. The van der Waals surface area contributed by atoms with Crippen molar-refractivity contribution in [3.63, 3.8) is 0 Å². The molecule has 0 fully saturated rings. The van der Waals surface area contributed by atoms with E-state index in [2.05, 4.69) is 5.32 Å². The van der Waals surface area contributed by atoms with Crippen molar-refractivity contribution in [3.05, 3.63) is 24.3 Å². The first-order valence-electron chi connectivity index (χ1n) is 6.27. The fraction of sp³-hybridized carbons (Fsp3) is 0.429. The first-order chi connectivity index (χ1) is 9.26. The van der Waals surface area contributed by atoms with Crippen LogP contribution in [-0.2, 0) is 9.53 Å². The van der Waals surface area contributed by atoms with Gasteiger partial charge in [0.15, 0.2) is 0 Å². The first kappa shape index (κ1) is 15.8. The van der Waals surface area contributed by atoms with Crippen LogP contribution in [0.3, 0.4) is 0 Å². The maximum atomic E-state index is 11.5. The second-order valence-electron chi connectivity index (χ2n) is 5.22. The predicted molar refractivity (Wildman–Crippen MR) is 75.6 cm³/mol. The Labute approximate surface area is 118 Å². The Bertz CT molecular complexity index is 463. The van der Waals surface area contributed by atoms with Gasteiger partial charge in [0, 0.05) is 5.69 Å². The molecule has 0 heterocycles. The zero-order valence-corrected chi connectivity index (χ0v) is 11.9. The Balaban J connectivity index is 2.46. The Morgan fingerprint density at radius 3 is 2.30 bits per heavy atom. The molecule has 2 amide bonds. The van der Waals surface area contributed by atoms with Crippen LogP contribution in [0.15, 0.2) is 24.3 Å². The van der Waals surface area contributed by atoms with Crippen LogP contribution in [0.4, 0.5) is 10.5 Å². The van der Waals surface area contributed by atoms with Crippen LogP contribution < -0.4 is 15.8 Å². The summed E-state index contributed by atoms with van der Waals surface area (Å²) in [5, 5.41) is 2.61. The van der Waals surface area contributed by atoms with E-state index in [1.807, 2.05) is 0 Å². The lowest BCUT2D eigenvalue weighted by atomic mass is 10.2. The summed E-state index contributed by atoms with van der Waals surface area (Å²) in [6.07, 6.45) is -0.349. The highest BCUT2D eigenvalue weighted by Crippen LogP contribution is 2.17. The van der Waals surface area contributed by atoms with Gasteiger partial charge in [-0.05, 0) is 45.0 Å². The van der Waals surface area contributed by atoms with Gasteiger partial charge in [0.1, 0.15) is 11.4 Å². The average Bonchev–Trinajstić information content (AvgIpc) is 2.28. The minimum Gasteiger partial charge on any atom is -0.493 e. The molecule has 0 aliphatic rings. The summed E-state index contributed by atoms with van der Waals surface area (Å²) in [5.74, 6) is 0.189. The molecular weight excluding hydrogens is 260 g/mol. The number of nitrogens with two attached hydrogens (primary N) is 1. The molecule has 1 rings (SSSR count). The van der Waals surface area contributed by atoms with Gasteiger partial charge >= 0.3 is 6.09 Å². The number of benzene rings is 1. The maximum Gasteiger partial charge on any atom is 0.412 e. The summed E-state index contributed by atoms with van der Waals surface area (Å²) >= 11 is 0. The van der Waals surface area contributed by atoms with Crippen LogP contribution in [0.5, 0.6) is 5.75 Å². The lowest BCUT2D eigenvalue weighted by Crippen LogP contribution is -2.27. The van der Waals surface area contributed by atoms with E-state index in [0.29, 0.717) is 11.4 Å². The van der Waals surface area contributed by atoms with Crippen LogP contribution in [0.25, 0.3) is 0 Å². The lowest BCUT2D eigenvalue weighted by Gasteiger charge is -2.19. The number of nitrogens with one attached hydrogen (secondary N) is 1. The summed E-state index contributed by atoms with van der Waals surface area (Å²) < 4.78 is 10.4. The van der Waals surface area contributed by atoms with Gasteiger partial charge in [-0.25, -0.2) is 4.79 Å². The van der Waals surface area contributed by atoms with Crippen molar-refractivity contribution in [1.29, 1.82) is 0 Å². The van der Waals surface area contributed by atoms with Gasteiger partial charge in [-0.1, -0.05) is 0 Å². The molecule has 3 N–H and O–H groups in total. The summed E-state index contributed by atoms with van der Waals surface area (Å²) in [7, 11) is 0. The van der Waals surface area contributed by atoms with E-state index >= 15 is 0 Å². The van der Waals surface area contributed by atoms with Crippen LogP contribution >= 0.6 is 0 Å². The summed E-state index contributed by atoms with van der Waals surface area (Å²) in [5.41, 5.74) is 5.06. The number of carbonyl (C=O) groups excluding carboxylic acids is 2. The van der Waals surface area contributed by atoms with Crippen LogP contribution in [0, 0.1) is 0 Å². The van der Waals surface area contributed by atoms with Crippen molar-refractivity contribution in [1.82, 2.24) is 0 Å². The summed E-state index contributed by atoms with van der Waals surface area (Å²) in [6.45, 7) is 5.61. The van der Waals surface area contributed by atoms with Crippen LogP contribution in [0.1, 0.15) is 27.2 Å². The molecule has 1 aromatic rings. The summed E-state index contributed by atoms with van der Waals surface area (Å²) in [4.78, 5) is 22.1. The Morgan fingerprint density at radius 2 is 1.80 bits per heavy atom. The molecule has 0 saturated carbocycles. The van der Waals surface area contributed by atoms with Gasteiger partial charge < -0.3 is 15.2 Å². The number of hydrogen-bond acceptors (Lipinski definition) is 4. The zero-order chi connectivity index (χ0) is 15.2. The smallest absolute Gasteiger partial charge is 0.412 e. The number of amides is 2. The number of hydrogen-bond donors (Lipinski definition) is 2. The van der Waals surface area contributed by atoms with E-state index in [1.54, 1.807) is 45.0 Å². The standard InChI is InChI=1S/C14H20N2O4/c1-14(2,3)20-13(18)16-10-4-6-11(7-5-10)19-9-8-12(15)17/h4-7H,8-9H2,1-3H3,(H2,15,17)(H,16,18). The van der Waals surface area contributed by atoms with E-state index in [9.17, 15) is 9.59 Å². The highest BCUT2D eigenvalue weighted by Gasteiger charge is 2.16. The summed E-state index contributed by atoms with van der Waals surface area (Å²) in [6, 6.07) is 6.74. The molecule has 0 radical (unpaired) electrons. The molecule has 0 atom stereocenters. The molecule has 0 aliphatic heterocycles. The maximum absolute atomic E-state index is 11.5. The van der Waals surface area contributed by atoms with Gasteiger partial charge in [-0.15, -0.1) is 0 Å². The van der Waals surface area contributed by atoms with E-state index in [-0.39, 0.29) is 13.0 Å². The molecule has 0 aliphatic carbocycles. The van der Waals surface area contributed by atoms with Crippen molar-refractivity contribution < 1.29 is 19.1 Å². The largest absolute Gasteiger partial charge is 0.493 e. The number of carbonyl (C=O) groups is 2. The molecule has 1 aromatic carbocycles. The molecule has 6 nitrogen and oxygen atoms in total. The average molecular weight is 280 g/mol. The minimum atomic E-state index is -0.540. The lowest BCUT2D eigenvalue weighted by molar-refractivity contribution is -0.118. The van der Waals surface area contributed by atoms with Gasteiger partial charge in [0.05, 0.1) is 13.0 Å². The monoisotopic (exact) mass is 280 g/mol. The topological polar surface area (TPSA) is 90.7 Å². The molecule has 20 heavy (non-hydrogen) atoms. The normalized spacial score (nSPS) is 10.8. The molecule has 0 unspecified atom stereocenters. The van der Waals surface area contributed by atoms with Gasteiger partial charge in [-0.3, -0.25) is 10.1 Å². The molecule has 6 heteroatoms. The number of ether oxygens (including phenoxy) is 2. The predicted octanol–water partition coefficient (Wildman–Crippen LogP) is 2.29. The van der Waals surface area contributed by atoms with E-state index in [0.717, 1.165) is 0 Å². The third-order valence-corrected chi connectivity index (χ3v) is 2.12. The molecule has 0 bridgehead atoms. The van der Waals surface area contributed by atoms with Gasteiger partial charge in [0.25, 0.3) is 0 Å². The van der Waals surface area contributed by atoms with E-state index in [1.165, 1.54) is 0 Å². The van der Waals surface area contributed by atoms with Crippen molar-refractivity contribution >= 4 is 17.7 Å². The third-order valence-electron chi connectivity index (χ3n) is 2.12. The Hall–Kier alpha value is -2.24. The molecule has 0 aromatic heterocycles. The van der Waals surface area contributed by atoms with Crippen LogP contribution in [-0.4, -0.2) is 24.2 Å². The second kappa shape index (κ2) is 6.79. The van der Waals surface area contributed by atoms with Crippen LogP contribution in [0.2, 0.25) is 0 Å². The Kier molecular flexibility index (Phi) is 5.37. The van der Waals surface area contributed by atoms with Gasteiger partial charge in [0.2, 0.25) is 5.91 Å². The fourth-order valence-electron chi connectivity index (χ4n) is 1.33. The highest BCUT2D eigenvalue weighted by atomic mass is 16.6. The number of primary amides is 1. The fourth-order valence-corrected chi connectivity index (χ4v) is 1.33. The van der Waals surface area contributed by atoms with Crippen molar-refractivity contribution in [3.8, 4) is 5.75 Å². The number of anilines is 1. The van der Waals surface area contributed by atoms with Crippen molar-refractivity contribution in [2.45, 2.75) is 32.8 Å². The van der Waals surface area contributed by atoms with Crippen molar-refractivity contribution in [2.24, 2.45) is 5.73 Å². The van der Waals surface area contributed by atoms with E-state index in [4.69, 9.17) is 15.2 Å². The molecular formula is C14H20N2O4. The Morgan fingerprint density at radius 1 is 1.20 bits per heavy atom. The highest BCUT2D eigenvalue weighted by molar-refractivity contribution is 5.84. The minimum absolute atomic E-state index is 0.165.